The van der Waals surface area contributed by atoms with Gasteiger partial charge in [-0.2, -0.15) is 0 Å². The van der Waals surface area contributed by atoms with Gasteiger partial charge in [-0.3, -0.25) is 0 Å². The maximum absolute atomic E-state index is 6.41. The van der Waals surface area contributed by atoms with Crippen molar-refractivity contribution in [3.05, 3.63) is 10.6 Å². The van der Waals surface area contributed by atoms with E-state index in [0.717, 1.165) is 42.7 Å². The Morgan fingerprint density at radius 1 is 1.39 bits per heavy atom. The van der Waals surface area contributed by atoms with E-state index in [-0.39, 0.29) is 6.04 Å². The number of fused-ring (bicyclic) bond motifs is 2. The molecule has 0 radical (unpaired) electrons. The molecule has 3 rings (SSSR count). The third-order valence-electron chi connectivity index (χ3n) is 4.85. The lowest BCUT2D eigenvalue weighted by Crippen LogP contribution is -2.19. The fourth-order valence-electron chi connectivity index (χ4n) is 4.01. The summed E-state index contributed by atoms with van der Waals surface area (Å²) in [7, 11) is 0. The van der Waals surface area contributed by atoms with Gasteiger partial charge >= 0.3 is 0 Å². The number of nitrogens with zero attached hydrogens (tertiary/aromatic N) is 2. The normalized spacial score (nSPS) is 32.0. The van der Waals surface area contributed by atoms with E-state index in [2.05, 4.69) is 16.5 Å². The number of hydrogen-bond donors (Lipinski definition) is 1. The van der Waals surface area contributed by atoms with E-state index in [1.807, 2.05) is 0 Å². The lowest BCUT2D eigenvalue weighted by Gasteiger charge is -2.24. The van der Waals surface area contributed by atoms with Crippen molar-refractivity contribution in [2.24, 2.45) is 23.5 Å². The Morgan fingerprint density at radius 2 is 2.28 bits per heavy atom. The highest BCUT2D eigenvalue weighted by Gasteiger charge is 2.40. The van der Waals surface area contributed by atoms with Gasteiger partial charge in [0.25, 0.3) is 0 Å². The molecule has 2 saturated carbocycles. The minimum absolute atomic E-state index is 0.177. The number of aromatic nitrogens is 2. The zero-order valence-corrected chi connectivity index (χ0v) is 12.0. The molecule has 4 unspecified atom stereocenters. The van der Waals surface area contributed by atoms with Gasteiger partial charge < -0.3 is 5.73 Å². The maximum atomic E-state index is 6.41. The SMILES string of the molecule is CCCc1nnsc1C(N)CC1CC2CCC1C2. The molecular weight excluding hydrogens is 242 g/mol. The van der Waals surface area contributed by atoms with Crippen molar-refractivity contribution in [2.45, 2.75) is 57.9 Å². The van der Waals surface area contributed by atoms with Crippen molar-refractivity contribution in [2.75, 3.05) is 0 Å². The standard InChI is InChI=1S/C14H23N3S/c1-2-3-13-14(18-17-16-13)12(15)8-11-7-9-4-5-10(11)6-9/h9-12H,2-8,15H2,1H3. The fraction of sp³-hybridized carbons (Fsp3) is 0.857. The predicted molar refractivity (Wildman–Crippen MR) is 74.4 cm³/mol. The first-order chi connectivity index (χ1) is 8.78. The van der Waals surface area contributed by atoms with Crippen LogP contribution in [-0.2, 0) is 6.42 Å². The van der Waals surface area contributed by atoms with Gasteiger partial charge in [0.05, 0.1) is 10.6 Å². The van der Waals surface area contributed by atoms with Crippen LogP contribution in [0.2, 0.25) is 0 Å². The Labute approximate surface area is 113 Å². The maximum Gasteiger partial charge on any atom is 0.0803 e. The van der Waals surface area contributed by atoms with Crippen molar-refractivity contribution >= 4 is 11.5 Å². The molecule has 2 aliphatic rings. The third-order valence-corrected chi connectivity index (χ3v) is 5.75. The van der Waals surface area contributed by atoms with Gasteiger partial charge in [-0.25, -0.2) is 0 Å². The largest absolute Gasteiger partial charge is 0.323 e. The first-order valence-electron chi connectivity index (χ1n) is 7.34. The van der Waals surface area contributed by atoms with Crippen LogP contribution in [0.5, 0.6) is 0 Å². The summed E-state index contributed by atoms with van der Waals surface area (Å²) in [5, 5.41) is 4.24. The Bertz CT molecular complexity index is 403. The monoisotopic (exact) mass is 265 g/mol. The summed E-state index contributed by atoms with van der Waals surface area (Å²) in [5.41, 5.74) is 7.56. The quantitative estimate of drug-likeness (QED) is 0.888. The topological polar surface area (TPSA) is 51.8 Å². The van der Waals surface area contributed by atoms with E-state index in [1.54, 1.807) is 0 Å². The van der Waals surface area contributed by atoms with E-state index < -0.39 is 0 Å². The molecule has 0 saturated heterocycles. The van der Waals surface area contributed by atoms with Crippen LogP contribution in [-0.4, -0.2) is 9.59 Å². The minimum atomic E-state index is 0.177. The molecule has 2 fully saturated rings. The number of aryl methyl sites for hydroxylation is 1. The second-order valence-electron chi connectivity index (χ2n) is 6.11. The number of hydrogen-bond acceptors (Lipinski definition) is 4. The van der Waals surface area contributed by atoms with Gasteiger partial charge in [0, 0.05) is 6.04 Å². The van der Waals surface area contributed by atoms with E-state index >= 15 is 0 Å². The van der Waals surface area contributed by atoms with Gasteiger partial charge in [-0.15, -0.1) is 5.10 Å². The van der Waals surface area contributed by atoms with E-state index in [4.69, 9.17) is 5.73 Å². The molecule has 100 valence electrons. The van der Waals surface area contributed by atoms with Gasteiger partial charge in [-0.1, -0.05) is 24.3 Å². The molecule has 0 aromatic carbocycles. The molecule has 0 amide bonds. The summed E-state index contributed by atoms with van der Waals surface area (Å²) in [6.45, 7) is 2.19. The molecule has 4 atom stereocenters. The Morgan fingerprint density at radius 3 is 2.94 bits per heavy atom. The molecule has 18 heavy (non-hydrogen) atoms. The van der Waals surface area contributed by atoms with Crippen LogP contribution in [0, 0.1) is 17.8 Å². The van der Waals surface area contributed by atoms with Crippen LogP contribution in [0.25, 0.3) is 0 Å². The molecule has 1 aromatic heterocycles. The summed E-state index contributed by atoms with van der Waals surface area (Å²) in [5.74, 6) is 2.86. The lowest BCUT2D eigenvalue weighted by atomic mass is 9.84. The Balaban J connectivity index is 1.63. The summed E-state index contributed by atoms with van der Waals surface area (Å²) in [6.07, 6.45) is 9.12. The summed E-state index contributed by atoms with van der Waals surface area (Å²) < 4.78 is 4.10. The van der Waals surface area contributed by atoms with Crippen LogP contribution in [0.3, 0.4) is 0 Å². The molecule has 2 aliphatic carbocycles. The fourth-order valence-corrected chi connectivity index (χ4v) is 4.71. The predicted octanol–water partition coefficient (Wildman–Crippen LogP) is 3.32. The molecule has 1 heterocycles. The number of nitrogens with two attached hydrogens (primary N) is 1. The highest BCUT2D eigenvalue weighted by atomic mass is 32.1. The molecule has 1 aromatic rings. The van der Waals surface area contributed by atoms with Gasteiger partial charge in [0.2, 0.25) is 0 Å². The van der Waals surface area contributed by atoms with Crippen molar-refractivity contribution in [3.63, 3.8) is 0 Å². The van der Waals surface area contributed by atoms with Crippen LogP contribution in [0.4, 0.5) is 0 Å². The zero-order chi connectivity index (χ0) is 12.5. The minimum Gasteiger partial charge on any atom is -0.323 e. The first kappa shape index (κ1) is 12.5. The molecule has 2 bridgehead atoms. The van der Waals surface area contributed by atoms with Crippen LogP contribution < -0.4 is 5.73 Å². The first-order valence-corrected chi connectivity index (χ1v) is 8.12. The Hall–Kier alpha value is -0.480. The zero-order valence-electron chi connectivity index (χ0n) is 11.1. The average Bonchev–Trinajstić information content (AvgIpc) is 3.04. The second-order valence-corrected chi connectivity index (χ2v) is 6.90. The Kier molecular flexibility index (Phi) is 3.66. The van der Waals surface area contributed by atoms with Crippen molar-refractivity contribution in [1.29, 1.82) is 0 Å². The second kappa shape index (κ2) is 5.25. The number of rotatable bonds is 5. The molecule has 4 heteroatoms. The lowest BCUT2D eigenvalue weighted by molar-refractivity contribution is 0.296. The molecule has 3 nitrogen and oxygen atoms in total. The summed E-state index contributed by atoms with van der Waals surface area (Å²) in [6, 6.07) is 0.177. The van der Waals surface area contributed by atoms with Gasteiger partial charge in [0.1, 0.15) is 0 Å². The van der Waals surface area contributed by atoms with E-state index in [9.17, 15) is 0 Å². The molecular formula is C14H23N3S. The summed E-state index contributed by atoms with van der Waals surface area (Å²) >= 11 is 1.51. The van der Waals surface area contributed by atoms with Gasteiger partial charge in [-0.05, 0) is 61.4 Å². The van der Waals surface area contributed by atoms with E-state index in [1.165, 1.54) is 42.1 Å². The average molecular weight is 265 g/mol. The van der Waals surface area contributed by atoms with Crippen molar-refractivity contribution in [3.8, 4) is 0 Å². The summed E-state index contributed by atoms with van der Waals surface area (Å²) in [4.78, 5) is 1.25. The van der Waals surface area contributed by atoms with E-state index in [0.29, 0.717) is 0 Å². The van der Waals surface area contributed by atoms with Crippen molar-refractivity contribution in [1.82, 2.24) is 9.59 Å². The highest BCUT2D eigenvalue weighted by Crippen LogP contribution is 2.50. The van der Waals surface area contributed by atoms with Crippen LogP contribution >= 0.6 is 11.5 Å². The van der Waals surface area contributed by atoms with Crippen molar-refractivity contribution < 1.29 is 0 Å². The van der Waals surface area contributed by atoms with Crippen LogP contribution in [0.1, 0.15) is 62.1 Å². The van der Waals surface area contributed by atoms with Crippen LogP contribution in [0.15, 0.2) is 0 Å². The molecule has 0 aliphatic heterocycles. The smallest absolute Gasteiger partial charge is 0.0803 e. The third kappa shape index (κ3) is 2.32. The van der Waals surface area contributed by atoms with Gasteiger partial charge in [0.15, 0.2) is 0 Å². The molecule has 2 N–H and O–H groups in total. The highest BCUT2D eigenvalue weighted by molar-refractivity contribution is 7.05. The molecule has 0 spiro atoms.